The molecule has 4 atom stereocenters. The van der Waals surface area contributed by atoms with Gasteiger partial charge in [-0.25, -0.2) is 0 Å². The van der Waals surface area contributed by atoms with Crippen LogP contribution in [0.2, 0.25) is 0 Å². The first kappa shape index (κ1) is 12.9. The number of ether oxygens (including phenoxy) is 1. The zero-order valence-electron chi connectivity index (χ0n) is 12.3. The summed E-state index contributed by atoms with van der Waals surface area (Å²) in [6, 6.07) is 19.9. The zero-order valence-corrected chi connectivity index (χ0v) is 12.3. The normalized spacial score (nSPS) is 27.8. The quantitative estimate of drug-likeness (QED) is 0.924. The van der Waals surface area contributed by atoms with Gasteiger partial charge in [-0.3, -0.25) is 0 Å². The summed E-state index contributed by atoms with van der Waals surface area (Å²) >= 11 is 0. The molecule has 2 aromatic rings. The van der Waals surface area contributed by atoms with Crippen LogP contribution in [0, 0.1) is 5.92 Å². The van der Waals surface area contributed by atoms with Crippen molar-refractivity contribution in [3.63, 3.8) is 0 Å². The molecule has 0 saturated heterocycles. The molecule has 1 aliphatic carbocycles. The molecule has 1 fully saturated rings. The number of benzene rings is 2. The van der Waals surface area contributed by atoms with Crippen LogP contribution in [0.3, 0.4) is 0 Å². The highest BCUT2D eigenvalue weighted by atomic mass is 16.5. The van der Waals surface area contributed by atoms with Gasteiger partial charge in [-0.1, -0.05) is 48.5 Å². The summed E-state index contributed by atoms with van der Waals surface area (Å²) in [5, 5.41) is 3.57. The molecule has 0 radical (unpaired) electrons. The largest absolute Gasteiger partial charge is 0.493 e. The highest BCUT2D eigenvalue weighted by molar-refractivity contribution is 5.41. The second-order valence-corrected chi connectivity index (χ2v) is 6.19. The molecule has 108 valence electrons. The molecule has 1 aliphatic heterocycles. The van der Waals surface area contributed by atoms with E-state index in [0.29, 0.717) is 17.9 Å². The van der Waals surface area contributed by atoms with Gasteiger partial charge in [-0.15, -0.1) is 0 Å². The molecule has 0 spiro atoms. The Labute approximate surface area is 126 Å². The van der Waals surface area contributed by atoms with E-state index >= 15 is 0 Å². The summed E-state index contributed by atoms with van der Waals surface area (Å²) in [4.78, 5) is 0. The Morgan fingerprint density at radius 3 is 2.62 bits per heavy atom. The number of hydrogen-bond acceptors (Lipinski definition) is 2. The molecule has 4 rings (SSSR count). The minimum absolute atomic E-state index is 0.477. The van der Waals surface area contributed by atoms with Crippen LogP contribution >= 0.6 is 0 Å². The zero-order chi connectivity index (χ0) is 14.2. The van der Waals surface area contributed by atoms with Crippen molar-refractivity contribution in [2.75, 3.05) is 13.7 Å². The molecule has 2 nitrogen and oxygen atoms in total. The first-order chi connectivity index (χ1) is 10.4. The van der Waals surface area contributed by atoms with Gasteiger partial charge in [0.25, 0.3) is 0 Å². The van der Waals surface area contributed by atoms with Crippen molar-refractivity contribution in [1.29, 1.82) is 0 Å². The predicted octanol–water partition coefficient (Wildman–Crippen LogP) is 3.55. The molecule has 1 saturated carbocycles. The molecular weight excluding hydrogens is 258 g/mol. The van der Waals surface area contributed by atoms with Crippen LogP contribution in [0.4, 0.5) is 0 Å². The molecule has 0 bridgehead atoms. The Bertz CT molecular complexity index is 624. The van der Waals surface area contributed by atoms with Crippen molar-refractivity contribution in [1.82, 2.24) is 5.32 Å². The van der Waals surface area contributed by atoms with E-state index < -0.39 is 0 Å². The van der Waals surface area contributed by atoms with E-state index in [1.165, 1.54) is 17.5 Å². The lowest BCUT2D eigenvalue weighted by atomic mass is 9.89. The fourth-order valence-electron chi connectivity index (χ4n) is 3.89. The first-order valence-electron chi connectivity index (χ1n) is 7.82. The minimum Gasteiger partial charge on any atom is -0.493 e. The van der Waals surface area contributed by atoms with E-state index in [1.54, 1.807) is 0 Å². The van der Waals surface area contributed by atoms with Gasteiger partial charge in [-0.2, -0.15) is 0 Å². The molecule has 0 amide bonds. The van der Waals surface area contributed by atoms with Crippen molar-refractivity contribution in [2.24, 2.45) is 5.92 Å². The maximum absolute atomic E-state index is 5.87. The highest BCUT2D eigenvalue weighted by Crippen LogP contribution is 2.53. The van der Waals surface area contributed by atoms with Crippen molar-refractivity contribution in [3.05, 3.63) is 65.7 Å². The second kappa shape index (κ2) is 5.19. The van der Waals surface area contributed by atoms with Crippen LogP contribution in [0.15, 0.2) is 54.6 Å². The van der Waals surface area contributed by atoms with Gasteiger partial charge in [0, 0.05) is 17.5 Å². The van der Waals surface area contributed by atoms with E-state index in [-0.39, 0.29) is 0 Å². The summed E-state index contributed by atoms with van der Waals surface area (Å²) < 4.78 is 5.87. The Morgan fingerprint density at radius 2 is 1.81 bits per heavy atom. The maximum Gasteiger partial charge on any atom is 0.122 e. The average Bonchev–Trinajstić information content (AvgIpc) is 3.22. The van der Waals surface area contributed by atoms with E-state index in [4.69, 9.17) is 4.74 Å². The number of likely N-dealkylation sites (N-methyl/N-ethyl adjacent to an activating group) is 1. The second-order valence-electron chi connectivity index (χ2n) is 6.19. The summed E-state index contributed by atoms with van der Waals surface area (Å²) in [6.07, 6.45) is 1.29. The van der Waals surface area contributed by atoms with Gasteiger partial charge in [0.05, 0.1) is 6.61 Å². The van der Waals surface area contributed by atoms with Crippen LogP contribution in [-0.2, 0) is 0 Å². The van der Waals surface area contributed by atoms with Crippen molar-refractivity contribution >= 4 is 0 Å². The van der Waals surface area contributed by atoms with E-state index in [9.17, 15) is 0 Å². The molecule has 0 aromatic heterocycles. The lowest BCUT2D eigenvalue weighted by molar-refractivity contribution is 0.290. The van der Waals surface area contributed by atoms with Gasteiger partial charge in [0.15, 0.2) is 0 Å². The van der Waals surface area contributed by atoms with Crippen molar-refractivity contribution in [3.8, 4) is 5.75 Å². The van der Waals surface area contributed by atoms with Gasteiger partial charge in [-0.05, 0) is 36.9 Å². The lowest BCUT2D eigenvalue weighted by Gasteiger charge is -2.23. The van der Waals surface area contributed by atoms with Gasteiger partial charge in [0.1, 0.15) is 5.75 Å². The Balaban J connectivity index is 1.55. The van der Waals surface area contributed by atoms with Crippen LogP contribution < -0.4 is 10.1 Å². The summed E-state index contributed by atoms with van der Waals surface area (Å²) in [6.45, 7) is 0.808. The Hall–Kier alpha value is -1.80. The van der Waals surface area contributed by atoms with Gasteiger partial charge in [0.2, 0.25) is 0 Å². The molecule has 21 heavy (non-hydrogen) atoms. The first-order valence-corrected chi connectivity index (χ1v) is 7.82. The topological polar surface area (TPSA) is 21.3 Å². The van der Waals surface area contributed by atoms with Crippen molar-refractivity contribution in [2.45, 2.75) is 24.3 Å². The van der Waals surface area contributed by atoms with Crippen LogP contribution in [0.1, 0.15) is 29.4 Å². The lowest BCUT2D eigenvalue weighted by Crippen LogP contribution is -2.35. The monoisotopic (exact) mass is 279 g/mol. The van der Waals surface area contributed by atoms with Crippen molar-refractivity contribution < 1.29 is 4.74 Å². The van der Waals surface area contributed by atoms with Crippen LogP contribution in [0.5, 0.6) is 5.75 Å². The SMILES string of the molecule is CNC(C1COc2ccccc21)C1CC1c1ccccc1. The van der Waals surface area contributed by atoms with Crippen LogP contribution in [-0.4, -0.2) is 19.7 Å². The standard InChI is InChI=1S/C19H21NO/c1-20-19(16-11-15(16)13-7-3-2-4-8-13)17-12-21-18-10-6-5-9-14(17)18/h2-10,15-17,19-20H,11-12H2,1H3. The fraction of sp³-hybridized carbons (Fsp3) is 0.368. The van der Waals surface area contributed by atoms with Gasteiger partial charge >= 0.3 is 0 Å². The third-order valence-electron chi connectivity index (χ3n) is 5.03. The molecule has 4 unspecified atom stereocenters. The summed E-state index contributed by atoms with van der Waals surface area (Å²) in [5.41, 5.74) is 2.85. The number of para-hydroxylation sites is 1. The number of fused-ring (bicyclic) bond motifs is 1. The molecule has 2 heteroatoms. The predicted molar refractivity (Wildman–Crippen MR) is 84.8 cm³/mol. The minimum atomic E-state index is 0.477. The maximum atomic E-state index is 5.87. The summed E-state index contributed by atoms with van der Waals surface area (Å²) in [7, 11) is 2.09. The van der Waals surface area contributed by atoms with Gasteiger partial charge < -0.3 is 10.1 Å². The molecule has 2 aliphatic rings. The Kier molecular flexibility index (Phi) is 3.19. The molecule has 1 N–H and O–H groups in total. The fourth-order valence-corrected chi connectivity index (χ4v) is 3.89. The number of hydrogen-bond donors (Lipinski definition) is 1. The number of rotatable bonds is 4. The smallest absolute Gasteiger partial charge is 0.122 e. The summed E-state index contributed by atoms with van der Waals surface area (Å²) in [5.74, 6) is 2.97. The van der Waals surface area contributed by atoms with E-state index in [1.807, 2.05) is 0 Å². The van der Waals surface area contributed by atoms with E-state index in [2.05, 4.69) is 67.0 Å². The van der Waals surface area contributed by atoms with E-state index in [0.717, 1.165) is 18.3 Å². The molecule has 1 heterocycles. The Morgan fingerprint density at radius 1 is 1.05 bits per heavy atom. The average molecular weight is 279 g/mol. The number of nitrogens with one attached hydrogen (secondary N) is 1. The molecule has 2 aromatic carbocycles. The van der Waals surface area contributed by atoms with Crippen LogP contribution in [0.25, 0.3) is 0 Å². The highest BCUT2D eigenvalue weighted by Gasteiger charge is 2.47. The third-order valence-corrected chi connectivity index (χ3v) is 5.03. The molecular formula is C19H21NO. The third kappa shape index (κ3) is 2.24.